The summed E-state index contributed by atoms with van der Waals surface area (Å²) in [5, 5.41) is 0. The second-order valence-electron chi connectivity index (χ2n) is 3.18. The molecule has 0 fully saturated rings. The van der Waals surface area contributed by atoms with Crippen molar-refractivity contribution in [2.45, 2.75) is 0 Å². The van der Waals surface area contributed by atoms with Gasteiger partial charge >= 0.3 is 51.4 Å². The summed E-state index contributed by atoms with van der Waals surface area (Å²) in [5.74, 6) is -0.219. The molecule has 0 aliphatic heterocycles. The molecule has 0 amide bonds. The minimum atomic E-state index is -0.219. The van der Waals surface area contributed by atoms with Gasteiger partial charge in [-0.3, -0.25) is 0 Å². The Kier molecular flexibility index (Phi) is 5.03. The van der Waals surface area contributed by atoms with Crippen LogP contribution >= 0.6 is 0 Å². The van der Waals surface area contributed by atoms with Gasteiger partial charge in [0.1, 0.15) is 0 Å². The third-order valence-corrected chi connectivity index (χ3v) is 2.12. The van der Waals surface area contributed by atoms with Crippen LogP contribution in [0, 0.1) is 12.7 Å². The van der Waals surface area contributed by atoms with E-state index in [0.29, 0.717) is 11.1 Å². The third-order valence-electron chi connectivity index (χ3n) is 2.12. The smallest absolute Gasteiger partial charge is 0.221 e. The van der Waals surface area contributed by atoms with Crippen LogP contribution in [-0.4, -0.2) is 0 Å². The van der Waals surface area contributed by atoms with E-state index in [1.54, 1.807) is 6.07 Å². The normalized spacial score (nSPS) is 9.40. The zero-order valence-electron chi connectivity index (χ0n) is 8.70. The fraction of sp³-hybridized carbons (Fsp3) is 0. The van der Waals surface area contributed by atoms with Gasteiger partial charge in [-0.1, -0.05) is 30.3 Å². The fourth-order valence-electron chi connectivity index (χ4n) is 1.41. The van der Waals surface area contributed by atoms with E-state index in [9.17, 15) is 4.39 Å². The van der Waals surface area contributed by atoms with E-state index in [0.717, 1.165) is 5.56 Å². The molecule has 15 heavy (non-hydrogen) atoms. The first-order valence-electron chi connectivity index (χ1n) is 4.44. The predicted octanol–water partition coefficient (Wildman–Crippen LogP) is 0.679. The first-order chi connectivity index (χ1) is 6.77. The van der Waals surface area contributed by atoms with E-state index in [1.807, 2.05) is 36.4 Å². The summed E-state index contributed by atoms with van der Waals surface area (Å²) in [6, 6.07) is 14.5. The van der Waals surface area contributed by atoms with Crippen molar-refractivity contribution in [3.8, 4) is 11.1 Å². The third kappa shape index (κ3) is 3.16. The SMILES string of the molecule is [CH2-]c1ccc(-c2ccccc2)c(F)c1.[K+]. The first kappa shape index (κ1) is 12.9. The molecule has 0 nitrogen and oxygen atoms in total. The average Bonchev–Trinajstić information content (AvgIpc) is 2.19. The van der Waals surface area contributed by atoms with Crippen LogP contribution in [0.4, 0.5) is 4.39 Å². The minimum Gasteiger partial charge on any atom is -0.221 e. The molecule has 0 saturated heterocycles. The largest absolute Gasteiger partial charge is 1.00 e. The van der Waals surface area contributed by atoms with Gasteiger partial charge in [-0.2, -0.15) is 18.6 Å². The Bertz CT molecular complexity index is 438. The van der Waals surface area contributed by atoms with E-state index < -0.39 is 0 Å². The summed E-state index contributed by atoms with van der Waals surface area (Å²) in [5.41, 5.74) is 2.21. The van der Waals surface area contributed by atoms with Crippen LogP contribution in [0.25, 0.3) is 11.1 Å². The van der Waals surface area contributed by atoms with Crippen LogP contribution < -0.4 is 51.4 Å². The van der Waals surface area contributed by atoms with Crippen molar-refractivity contribution in [2.75, 3.05) is 0 Å². The molecule has 0 bridgehead atoms. The summed E-state index contributed by atoms with van der Waals surface area (Å²) in [6.07, 6.45) is 0. The molecule has 2 aromatic rings. The maximum atomic E-state index is 13.5. The van der Waals surface area contributed by atoms with Crippen LogP contribution in [0.3, 0.4) is 0 Å². The minimum absolute atomic E-state index is 0. The van der Waals surface area contributed by atoms with Crippen molar-refractivity contribution in [3.63, 3.8) is 0 Å². The maximum absolute atomic E-state index is 13.5. The molecule has 0 aliphatic carbocycles. The zero-order chi connectivity index (χ0) is 9.97. The van der Waals surface area contributed by atoms with E-state index in [4.69, 9.17) is 0 Å². The van der Waals surface area contributed by atoms with Crippen molar-refractivity contribution in [3.05, 3.63) is 66.8 Å². The molecular formula is C13H10FK. The number of benzene rings is 2. The molecule has 0 heterocycles. The average molecular weight is 224 g/mol. The van der Waals surface area contributed by atoms with Crippen LogP contribution in [-0.2, 0) is 0 Å². The molecular weight excluding hydrogens is 214 g/mol. The van der Waals surface area contributed by atoms with Gasteiger partial charge in [0, 0.05) is 0 Å². The molecule has 0 aromatic heterocycles. The molecule has 0 saturated carbocycles. The molecule has 0 radical (unpaired) electrons. The summed E-state index contributed by atoms with van der Waals surface area (Å²) in [6.45, 7) is 3.68. The Morgan fingerprint density at radius 1 is 0.933 bits per heavy atom. The standard InChI is InChI=1S/C13H10F.K/c1-10-7-8-12(13(14)9-10)11-5-3-2-4-6-11;/h2-9H,1H2;/q-1;+1. The molecule has 0 aliphatic rings. The van der Waals surface area contributed by atoms with Gasteiger partial charge in [0.2, 0.25) is 0 Å². The van der Waals surface area contributed by atoms with Gasteiger partial charge in [0.25, 0.3) is 0 Å². The molecule has 2 aromatic carbocycles. The first-order valence-corrected chi connectivity index (χ1v) is 4.44. The Balaban J connectivity index is 0.00000112. The summed E-state index contributed by atoms with van der Waals surface area (Å²) >= 11 is 0. The van der Waals surface area contributed by atoms with E-state index >= 15 is 0 Å². The van der Waals surface area contributed by atoms with Crippen LogP contribution in [0.1, 0.15) is 5.56 Å². The van der Waals surface area contributed by atoms with Crippen LogP contribution in [0.15, 0.2) is 48.5 Å². The van der Waals surface area contributed by atoms with Crippen LogP contribution in [0.2, 0.25) is 0 Å². The zero-order valence-corrected chi connectivity index (χ0v) is 11.8. The van der Waals surface area contributed by atoms with Gasteiger partial charge in [-0.25, -0.2) is 4.39 Å². The monoisotopic (exact) mass is 224 g/mol. The summed E-state index contributed by atoms with van der Waals surface area (Å²) < 4.78 is 13.5. The summed E-state index contributed by atoms with van der Waals surface area (Å²) in [7, 11) is 0. The molecule has 2 heteroatoms. The molecule has 70 valence electrons. The number of hydrogen-bond donors (Lipinski definition) is 0. The van der Waals surface area contributed by atoms with Crippen molar-refractivity contribution in [1.29, 1.82) is 0 Å². The van der Waals surface area contributed by atoms with Gasteiger partial charge in [-0.15, -0.1) is 12.1 Å². The predicted molar refractivity (Wildman–Crippen MR) is 56.3 cm³/mol. The van der Waals surface area contributed by atoms with E-state index in [-0.39, 0.29) is 57.2 Å². The summed E-state index contributed by atoms with van der Waals surface area (Å²) in [4.78, 5) is 0. The second-order valence-corrected chi connectivity index (χ2v) is 3.18. The van der Waals surface area contributed by atoms with Gasteiger partial charge in [0.15, 0.2) is 0 Å². The number of hydrogen-bond acceptors (Lipinski definition) is 0. The van der Waals surface area contributed by atoms with Crippen molar-refractivity contribution < 1.29 is 55.8 Å². The Morgan fingerprint density at radius 2 is 1.60 bits per heavy atom. The fourth-order valence-corrected chi connectivity index (χ4v) is 1.41. The van der Waals surface area contributed by atoms with E-state index in [2.05, 4.69) is 6.92 Å². The van der Waals surface area contributed by atoms with Crippen molar-refractivity contribution >= 4 is 0 Å². The topological polar surface area (TPSA) is 0 Å². The van der Waals surface area contributed by atoms with Gasteiger partial charge in [-0.05, 0) is 11.1 Å². The number of rotatable bonds is 1. The maximum Gasteiger partial charge on any atom is 1.00 e. The molecule has 0 spiro atoms. The van der Waals surface area contributed by atoms with Crippen LogP contribution in [0.5, 0.6) is 0 Å². The molecule has 2 rings (SSSR count). The Morgan fingerprint density at radius 3 is 2.20 bits per heavy atom. The Labute approximate surface area is 132 Å². The van der Waals surface area contributed by atoms with Crippen molar-refractivity contribution in [1.82, 2.24) is 0 Å². The van der Waals surface area contributed by atoms with E-state index in [1.165, 1.54) is 6.07 Å². The molecule has 0 unspecified atom stereocenters. The second kappa shape index (κ2) is 5.82. The molecule has 0 atom stereocenters. The molecule has 0 N–H and O–H groups in total. The Hall–Kier alpha value is -0.124. The number of halogens is 1. The van der Waals surface area contributed by atoms with Gasteiger partial charge < -0.3 is 0 Å². The quantitative estimate of drug-likeness (QED) is 0.493. The van der Waals surface area contributed by atoms with Crippen molar-refractivity contribution in [2.24, 2.45) is 0 Å². The van der Waals surface area contributed by atoms with Gasteiger partial charge in [0.05, 0.1) is 5.82 Å².